The molecular weight excluding hydrogens is 320 g/mol. The van der Waals surface area contributed by atoms with Crippen molar-refractivity contribution in [1.82, 2.24) is 9.80 Å². The lowest BCUT2D eigenvalue weighted by molar-refractivity contribution is 0.0165. The van der Waals surface area contributed by atoms with Crippen molar-refractivity contribution >= 4 is 5.91 Å². The zero-order valence-corrected chi connectivity index (χ0v) is 15.2. The van der Waals surface area contributed by atoms with Crippen LogP contribution in [0.3, 0.4) is 0 Å². The van der Waals surface area contributed by atoms with E-state index in [4.69, 9.17) is 14.2 Å². The Morgan fingerprint density at radius 2 is 1.96 bits per heavy atom. The lowest BCUT2D eigenvalue weighted by Gasteiger charge is -2.39. The van der Waals surface area contributed by atoms with E-state index in [9.17, 15) is 4.79 Å². The second-order valence-electron chi connectivity index (χ2n) is 6.60. The average molecular weight is 348 g/mol. The van der Waals surface area contributed by atoms with Gasteiger partial charge >= 0.3 is 0 Å². The van der Waals surface area contributed by atoms with Gasteiger partial charge in [0.15, 0.2) is 11.5 Å². The monoisotopic (exact) mass is 348 g/mol. The third kappa shape index (κ3) is 4.07. The van der Waals surface area contributed by atoms with Gasteiger partial charge in [-0.05, 0) is 31.4 Å². The number of morpholine rings is 1. The summed E-state index contributed by atoms with van der Waals surface area (Å²) in [7, 11) is 3.17. The number of hydrogen-bond donors (Lipinski definition) is 0. The number of rotatable bonds is 5. The lowest BCUT2D eigenvalue weighted by atomic mass is 9.99. The third-order valence-electron chi connectivity index (χ3n) is 5.09. The molecule has 2 heterocycles. The topological polar surface area (TPSA) is 51.2 Å². The Labute approximate surface area is 149 Å². The van der Waals surface area contributed by atoms with Crippen LogP contribution < -0.4 is 9.47 Å². The molecule has 2 saturated heterocycles. The van der Waals surface area contributed by atoms with Gasteiger partial charge in [0.05, 0.1) is 33.0 Å². The Morgan fingerprint density at radius 3 is 2.68 bits per heavy atom. The highest BCUT2D eigenvalue weighted by atomic mass is 16.5. The Hall–Kier alpha value is -1.79. The zero-order valence-electron chi connectivity index (χ0n) is 15.2. The van der Waals surface area contributed by atoms with Gasteiger partial charge in [-0.25, -0.2) is 0 Å². The van der Waals surface area contributed by atoms with E-state index in [1.165, 1.54) is 6.42 Å². The first-order chi connectivity index (χ1) is 12.2. The summed E-state index contributed by atoms with van der Waals surface area (Å²) in [5.41, 5.74) is 0.579. The van der Waals surface area contributed by atoms with Gasteiger partial charge in [-0.3, -0.25) is 9.69 Å². The second-order valence-corrected chi connectivity index (χ2v) is 6.60. The largest absolute Gasteiger partial charge is 0.493 e. The molecule has 1 aromatic rings. The second kappa shape index (κ2) is 8.54. The number of carbonyl (C=O) groups is 1. The Balaban J connectivity index is 1.78. The molecule has 0 bridgehead atoms. The van der Waals surface area contributed by atoms with Gasteiger partial charge in [-0.1, -0.05) is 6.07 Å². The highest BCUT2D eigenvalue weighted by molar-refractivity contribution is 5.98. The molecule has 0 spiro atoms. The van der Waals surface area contributed by atoms with Crippen molar-refractivity contribution in [2.75, 3.05) is 53.6 Å². The smallest absolute Gasteiger partial charge is 0.258 e. The summed E-state index contributed by atoms with van der Waals surface area (Å²) in [6.45, 7) is 5.17. The number of piperidine rings is 1. The minimum atomic E-state index is 0.0358. The molecule has 1 amide bonds. The predicted octanol–water partition coefficient (Wildman–Crippen LogP) is 2.03. The van der Waals surface area contributed by atoms with Gasteiger partial charge in [0, 0.05) is 32.2 Å². The molecule has 6 heteroatoms. The number of ether oxygens (including phenoxy) is 3. The predicted molar refractivity (Wildman–Crippen MR) is 95.5 cm³/mol. The zero-order chi connectivity index (χ0) is 17.6. The maximum absolute atomic E-state index is 13.2. The van der Waals surface area contributed by atoms with Crippen LogP contribution in [0.4, 0.5) is 0 Å². The summed E-state index contributed by atoms with van der Waals surface area (Å²) in [4.78, 5) is 17.7. The van der Waals surface area contributed by atoms with Crippen molar-refractivity contribution in [1.29, 1.82) is 0 Å². The van der Waals surface area contributed by atoms with Crippen LogP contribution in [0, 0.1) is 0 Å². The first-order valence-electron chi connectivity index (χ1n) is 9.06. The van der Waals surface area contributed by atoms with E-state index in [1.807, 2.05) is 23.1 Å². The van der Waals surface area contributed by atoms with Crippen molar-refractivity contribution in [3.63, 3.8) is 0 Å². The number of carbonyl (C=O) groups excluding carboxylic acids is 1. The summed E-state index contributed by atoms with van der Waals surface area (Å²) in [5.74, 6) is 1.15. The van der Waals surface area contributed by atoms with Crippen LogP contribution in [0.1, 0.15) is 29.6 Å². The van der Waals surface area contributed by atoms with Crippen LogP contribution in [0.5, 0.6) is 11.5 Å². The molecule has 138 valence electrons. The molecular formula is C19H28N2O4. The van der Waals surface area contributed by atoms with Crippen LogP contribution >= 0.6 is 0 Å². The van der Waals surface area contributed by atoms with Crippen molar-refractivity contribution in [2.45, 2.75) is 25.3 Å². The number of hydrogen-bond acceptors (Lipinski definition) is 5. The van der Waals surface area contributed by atoms with Crippen LogP contribution in [-0.2, 0) is 4.74 Å². The fourth-order valence-electron chi connectivity index (χ4n) is 3.75. The standard InChI is InChI=1S/C19H28N2O4/c1-23-17-8-5-7-16(18(17)24-2)19(22)21-9-4-3-6-15(21)14-20-10-12-25-13-11-20/h5,7-8,15H,3-4,6,9-14H2,1-2H3/t15-/m0/s1. The normalized spacial score (nSPS) is 21.8. The SMILES string of the molecule is COc1cccc(C(=O)N2CCCC[C@H]2CN2CCOCC2)c1OC. The minimum Gasteiger partial charge on any atom is -0.493 e. The molecule has 0 radical (unpaired) electrons. The Kier molecular flexibility index (Phi) is 6.15. The third-order valence-corrected chi connectivity index (χ3v) is 5.09. The first kappa shape index (κ1) is 18.0. The molecule has 0 N–H and O–H groups in total. The molecule has 25 heavy (non-hydrogen) atoms. The van der Waals surface area contributed by atoms with E-state index in [2.05, 4.69) is 4.90 Å². The molecule has 0 saturated carbocycles. The molecule has 1 aromatic carbocycles. The van der Waals surface area contributed by atoms with Gasteiger partial charge < -0.3 is 19.1 Å². The Bertz CT molecular complexity index is 587. The fourth-order valence-corrected chi connectivity index (χ4v) is 3.75. The summed E-state index contributed by atoms with van der Waals surface area (Å²) in [5, 5.41) is 0. The van der Waals surface area contributed by atoms with Gasteiger partial charge in [-0.15, -0.1) is 0 Å². The summed E-state index contributed by atoms with van der Waals surface area (Å²) >= 11 is 0. The summed E-state index contributed by atoms with van der Waals surface area (Å²) in [6, 6.07) is 5.73. The fraction of sp³-hybridized carbons (Fsp3) is 0.632. The van der Waals surface area contributed by atoms with E-state index >= 15 is 0 Å². The quantitative estimate of drug-likeness (QED) is 0.815. The minimum absolute atomic E-state index is 0.0358. The van der Waals surface area contributed by atoms with Crippen LogP contribution in [0.25, 0.3) is 0 Å². The summed E-state index contributed by atoms with van der Waals surface area (Å²) in [6.07, 6.45) is 3.28. The molecule has 2 fully saturated rings. The number of methoxy groups -OCH3 is 2. The highest BCUT2D eigenvalue weighted by Crippen LogP contribution is 2.33. The number of benzene rings is 1. The van der Waals surface area contributed by atoms with Gasteiger partial charge in [0.25, 0.3) is 5.91 Å². The van der Waals surface area contributed by atoms with E-state index < -0.39 is 0 Å². The molecule has 2 aliphatic rings. The van der Waals surface area contributed by atoms with Gasteiger partial charge in [0.1, 0.15) is 0 Å². The molecule has 0 unspecified atom stereocenters. The average Bonchev–Trinajstić information content (AvgIpc) is 2.68. The molecule has 6 nitrogen and oxygen atoms in total. The molecule has 2 aliphatic heterocycles. The maximum atomic E-state index is 13.2. The number of amides is 1. The van der Waals surface area contributed by atoms with E-state index in [0.717, 1.165) is 52.2 Å². The van der Waals surface area contributed by atoms with Gasteiger partial charge in [-0.2, -0.15) is 0 Å². The van der Waals surface area contributed by atoms with Crippen LogP contribution in [-0.4, -0.2) is 75.4 Å². The van der Waals surface area contributed by atoms with Crippen molar-refractivity contribution in [2.24, 2.45) is 0 Å². The van der Waals surface area contributed by atoms with Crippen molar-refractivity contribution in [3.8, 4) is 11.5 Å². The van der Waals surface area contributed by atoms with Crippen LogP contribution in [0.15, 0.2) is 18.2 Å². The number of para-hydroxylation sites is 1. The number of nitrogens with zero attached hydrogens (tertiary/aromatic N) is 2. The highest BCUT2D eigenvalue weighted by Gasteiger charge is 2.31. The lowest BCUT2D eigenvalue weighted by Crippen LogP contribution is -2.51. The maximum Gasteiger partial charge on any atom is 0.258 e. The van der Waals surface area contributed by atoms with Crippen molar-refractivity contribution in [3.05, 3.63) is 23.8 Å². The number of likely N-dealkylation sites (tertiary alicyclic amines) is 1. The van der Waals surface area contributed by atoms with E-state index in [0.29, 0.717) is 17.1 Å². The van der Waals surface area contributed by atoms with Crippen molar-refractivity contribution < 1.29 is 19.0 Å². The Morgan fingerprint density at radius 1 is 1.16 bits per heavy atom. The van der Waals surface area contributed by atoms with E-state index in [-0.39, 0.29) is 11.9 Å². The molecule has 3 rings (SSSR count). The van der Waals surface area contributed by atoms with E-state index in [1.54, 1.807) is 14.2 Å². The molecule has 0 aliphatic carbocycles. The molecule has 0 aromatic heterocycles. The summed E-state index contributed by atoms with van der Waals surface area (Å²) < 4.78 is 16.2. The molecule has 1 atom stereocenters. The first-order valence-corrected chi connectivity index (χ1v) is 9.06. The van der Waals surface area contributed by atoms with Crippen LogP contribution in [0.2, 0.25) is 0 Å². The van der Waals surface area contributed by atoms with Gasteiger partial charge in [0.2, 0.25) is 0 Å².